The van der Waals surface area contributed by atoms with Crippen LogP contribution in [0.1, 0.15) is 51.9 Å². The number of likely N-dealkylation sites (tertiary alicyclic amines) is 2. The molecule has 13 heteroatoms. The molecule has 0 aromatic rings. The van der Waals surface area contributed by atoms with Gasteiger partial charge in [0.25, 0.3) is 0 Å². The predicted octanol–water partition coefficient (Wildman–Crippen LogP) is 3.74. The molecule has 7 nitrogen and oxygen atoms in total. The highest BCUT2D eigenvalue weighted by atomic mass is 19.4. The lowest BCUT2D eigenvalue weighted by atomic mass is 9.68. The van der Waals surface area contributed by atoms with Crippen molar-refractivity contribution in [1.29, 1.82) is 5.26 Å². The molecule has 0 radical (unpaired) electrons. The molecule has 3 saturated heterocycles. The Labute approximate surface area is 231 Å². The van der Waals surface area contributed by atoms with Crippen LogP contribution in [-0.4, -0.2) is 90.5 Å². The van der Waals surface area contributed by atoms with Gasteiger partial charge in [0, 0.05) is 37.5 Å². The van der Waals surface area contributed by atoms with Crippen LogP contribution in [-0.2, 0) is 4.79 Å². The van der Waals surface area contributed by atoms with Crippen LogP contribution in [0.4, 0.5) is 26.3 Å². The summed E-state index contributed by atoms with van der Waals surface area (Å²) in [6.45, 7) is 2.62. The van der Waals surface area contributed by atoms with Gasteiger partial charge in [0.15, 0.2) is 5.67 Å². The minimum absolute atomic E-state index is 0.00106. The molecule has 5 fully saturated rings. The lowest BCUT2D eigenvalue weighted by molar-refractivity contribution is -0.204. The Balaban J connectivity index is 1.30. The van der Waals surface area contributed by atoms with Crippen molar-refractivity contribution in [2.75, 3.05) is 39.9 Å². The Kier molecular flexibility index (Phi) is 8.13. The molecule has 2 aliphatic carbocycles. The van der Waals surface area contributed by atoms with Gasteiger partial charge in [-0.25, -0.2) is 15.2 Å². The number of nitriles is 1. The van der Waals surface area contributed by atoms with E-state index in [1.54, 1.807) is 0 Å². The van der Waals surface area contributed by atoms with E-state index in [4.69, 9.17) is 0 Å². The lowest BCUT2D eigenvalue weighted by Crippen LogP contribution is -2.62. The fourth-order valence-corrected chi connectivity index (χ4v) is 8.15. The van der Waals surface area contributed by atoms with E-state index in [2.05, 4.69) is 16.9 Å². The van der Waals surface area contributed by atoms with Crippen molar-refractivity contribution in [3.05, 3.63) is 0 Å². The van der Waals surface area contributed by atoms with Crippen LogP contribution in [0, 0.1) is 46.8 Å². The molecule has 7 unspecified atom stereocenters. The second-order valence-corrected chi connectivity index (χ2v) is 13.0. The van der Waals surface area contributed by atoms with Gasteiger partial charge >= 0.3 is 12.1 Å². The first kappa shape index (κ1) is 29.9. The second-order valence-electron chi connectivity index (χ2n) is 13.0. The molecule has 2 N–H and O–H groups in total. The van der Waals surface area contributed by atoms with Gasteiger partial charge < -0.3 is 9.80 Å². The number of carbonyl (C=O) groups excluding carboxylic acids is 1. The number of hydrogen-bond donors (Lipinski definition) is 2. The van der Waals surface area contributed by atoms with E-state index in [-0.39, 0.29) is 50.2 Å². The van der Waals surface area contributed by atoms with Crippen LogP contribution in [0.15, 0.2) is 0 Å². The number of rotatable bonds is 6. The standard InChI is InChI=1S/C27H40F6N6O/c1-25(28,26(29,30)24-36-35-15-37(24)2)18-4-3-5-19(10-18)39-14-21-20(23(39)40)8-17(9-22(21)27(31,32)33)13-38-7-6-16(11-34)12-38/h16-22,24,35-36H,3-10,12-15H2,1-2H3/t16-,17?,18?,19?,20?,21?,22?,24?,25-/m1/s1. The third kappa shape index (κ3) is 5.34. The molecule has 3 heterocycles. The molecule has 0 bridgehead atoms. The first-order chi connectivity index (χ1) is 18.7. The molecule has 5 rings (SSSR count). The van der Waals surface area contributed by atoms with Crippen LogP contribution in [0.3, 0.4) is 0 Å². The van der Waals surface area contributed by atoms with Crippen LogP contribution < -0.4 is 10.9 Å². The molecule has 9 atom stereocenters. The minimum Gasteiger partial charge on any atom is -0.339 e. The largest absolute Gasteiger partial charge is 0.392 e. The van der Waals surface area contributed by atoms with Crippen molar-refractivity contribution in [1.82, 2.24) is 25.6 Å². The number of halogens is 6. The van der Waals surface area contributed by atoms with Gasteiger partial charge in [-0.2, -0.15) is 27.2 Å². The third-order valence-electron chi connectivity index (χ3n) is 10.5. The van der Waals surface area contributed by atoms with Crippen molar-refractivity contribution in [2.24, 2.45) is 35.5 Å². The van der Waals surface area contributed by atoms with Gasteiger partial charge in [-0.15, -0.1) is 0 Å². The lowest BCUT2D eigenvalue weighted by Gasteiger charge is -2.45. The van der Waals surface area contributed by atoms with E-state index in [9.17, 15) is 23.2 Å². The zero-order chi connectivity index (χ0) is 29.0. The summed E-state index contributed by atoms with van der Waals surface area (Å²) in [6, 6.07) is 1.67. The monoisotopic (exact) mass is 578 g/mol. The summed E-state index contributed by atoms with van der Waals surface area (Å²) in [5.74, 6) is -8.84. The molecule has 0 aromatic carbocycles. The van der Waals surface area contributed by atoms with Crippen molar-refractivity contribution in [3.8, 4) is 6.07 Å². The van der Waals surface area contributed by atoms with Crippen LogP contribution in [0.25, 0.3) is 0 Å². The summed E-state index contributed by atoms with van der Waals surface area (Å²) in [6.07, 6.45) is -3.88. The Morgan fingerprint density at radius 1 is 1.05 bits per heavy atom. The molecule has 5 aliphatic rings. The number of carbonyl (C=O) groups is 1. The molecule has 226 valence electrons. The maximum atomic E-state index is 16.0. The molecule has 1 amide bonds. The number of nitrogens with one attached hydrogen (secondary N) is 2. The molecule has 3 aliphatic heterocycles. The molecule has 0 aromatic heterocycles. The molecular formula is C27H40F6N6O. The van der Waals surface area contributed by atoms with E-state index in [1.165, 1.54) is 16.8 Å². The SMILES string of the molecule is CN1CNNC1C(F)(F)[C@](C)(F)C1CCCC(N2CC3C(CC(CN4CC[C@H](C#N)C4)CC3C(F)(F)F)C2=O)C1. The fourth-order valence-electron chi connectivity index (χ4n) is 8.15. The Morgan fingerprint density at radius 2 is 1.80 bits per heavy atom. The van der Waals surface area contributed by atoms with Gasteiger partial charge in [0.05, 0.1) is 24.6 Å². The number of hydrogen-bond acceptors (Lipinski definition) is 6. The fraction of sp³-hybridized carbons (Fsp3) is 0.926. The molecular weight excluding hydrogens is 538 g/mol. The van der Waals surface area contributed by atoms with Crippen molar-refractivity contribution >= 4 is 5.91 Å². The smallest absolute Gasteiger partial charge is 0.339 e. The highest BCUT2D eigenvalue weighted by molar-refractivity contribution is 5.82. The Morgan fingerprint density at radius 3 is 2.42 bits per heavy atom. The summed E-state index contributed by atoms with van der Waals surface area (Å²) in [7, 11) is 1.46. The summed E-state index contributed by atoms with van der Waals surface area (Å²) in [5.41, 5.74) is 2.18. The highest BCUT2D eigenvalue weighted by Gasteiger charge is 2.63. The average Bonchev–Trinajstić information content (AvgIpc) is 3.62. The van der Waals surface area contributed by atoms with Gasteiger partial charge in [-0.1, -0.05) is 6.42 Å². The zero-order valence-electron chi connectivity index (χ0n) is 23.1. The topological polar surface area (TPSA) is 74.6 Å². The number of fused-ring (bicyclic) bond motifs is 1. The first-order valence-electron chi connectivity index (χ1n) is 14.5. The zero-order valence-corrected chi connectivity index (χ0v) is 23.1. The summed E-state index contributed by atoms with van der Waals surface area (Å²) >= 11 is 0. The van der Waals surface area contributed by atoms with E-state index >= 15 is 13.2 Å². The highest BCUT2D eigenvalue weighted by Crippen LogP contribution is 2.52. The Bertz CT molecular complexity index is 988. The maximum absolute atomic E-state index is 16.0. The van der Waals surface area contributed by atoms with Gasteiger partial charge in [0.1, 0.15) is 6.17 Å². The maximum Gasteiger partial charge on any atom is 0.392 e. The van der Waals surface area contributed by atoms with Gasteiger partial charge in [-0.05, 0) is 70.9 Å². The Hall–Kier alpha value is -1.62. The predicted molar refractivity (Wildman–Crippen MR) is 134 cm³/mol. The average molecular weight is 579 g/mol. The number of alkyl halides is 6. The van der Waals surface area contributed by atoms with E-state index in [0.29, 0.717) is 45.3 Å². The van der Waals surface area contributed by atoms with Crippen molar-refractivity contribution in [2.45, 2.75) is 81.8 Å². The third-order valence-corrected chi connectivity index (χ3v) is 10.5. The van der Waals surface area contributed by atoms with Crippen molar-refractivity contribution in [3.63, 3.8) is 0 Å². The van der Waals surface area contributed by atoms with Crippen LogP contribution >= 0.6 is 0 Å². The normalized spacial score (nSPS) is 39.8. The second kappa shape index (κ2) is 10.9. The molecule has 40 heavy (non-hydrogen) atoms. The van der Waals surface area contributed by atoms with E-state index in [1.807, 2.05) is 4.90 Å². The van der Waals surface area contributed by atoms with E-state index < -0.39 is 53.6 Å². The summed E-state index contributed by atoms with van der Waals surface area (Å²) in [4.78, 5) is 18.4. The summed E-state index contributed by atoms with van der Waals surface area (Å²) in [5, 5.41) is 9.18. The molecule has 0 spiro atoms. The summed E-state index contributed by atoms with van der Waals surface area (Å²) < 4.78 is 89.8. The van der Waals surface area contributed by atoms with Crippen LogP contribution in [0.2, 0.25) is 0 Å². The minimum atomic E-state index is -4.46. The number of hydrazine groups is 1. The first-order valence-corrected chi connectivity index (χ1v) is 14.5. The number of nitrogens with zero attached hydrogens (tertiary/aromatic N) is 4. The van der Waals surface area contributed by atoms with E-state index in [0.717, 1.165) is 6.92 Å². The molecule has 2 saturated carbocycles. The van der Waals surface area contributed by atoms with Crippen LogP contribution in [0.5, 0.6) is 0 Å². The van der Waals surface area contributed by atoms with Gasteiger partial charge in [0.2, 0.25) is 5.91 Å². The van der Waals surface area contributed by atoms with Gasteiger partial charge in [-0.3, -0.25) is 9.69 Å². The quantitative estimate of drug-likeness (QED) is 0.468. The van der Waals surface area contributed by atoms with Crippen molar-refractivity contribution < 1.29 is 31.1 Å². The number of amides is 1.